The fourth-order valence-corrected chi connectivity index (χ4v) is 1.54. The van der Waals surface area contributed by atoms with E-state index in [1.165, 1.54) is 6.92 Å². The Kier molecular flexibility index (Phi) is 3.59. The van der Waals surface area contributed by atoms with Gasteiger partial charge in [0, 0.05) is 6.07 Å². The number of carboxylic acid groups (broad SMARTS) is 1. The summed E-state index contributed by atoms with van der Waals surface area (Å²) in [7, 11) is 0. The predicted molar refractivity (Wildman–Crippen MR) is 55.0 cm³/mol. The van der Waals surface area contributed by atoms with E-state index in [0.717, 1.165) is 12.1 Å². The molecule has 1 unspecified atom stereocenters. The highest BCUT2D eigenvalue weighted by Crippen LogP contribution is 2.28. The molecule has 0 saturated heterocycles. The van der Waals surface area contributed by atoms with Gasteiger partial charge in [0.1, 0.15) is 11.6 Å². The molecule has 0 aliphatic heterocycles. The Morgan fingerprint density at radius 1 is 1.38 bits per heavy atom. The van der Waals surface area contributed by atoms with Crippen LogP contribution in [0.15, 0.2) is 18.2 Å². The summed E-state index contributed by atoms with van der Waals surface area (Å²) in [5, 5.41) is 9.10. The molecule has 3 N–H and O–H groups in total. The van der Waals surface area contributed by atoms with E-state index in [2.05, 4.69) is 0 Å². The molecule has 5 heteroatoms. The van der Waals surface area contributed by atoms with E-state index < -0.39 is 23.0 Å². The molecular weight excluding hydrogens is 216 g/mol. The third-order valence-electron chi connectivity index (χ3n) is 2.62. The van der Waals surface area contributed by atoms with Gasteiger partial charge in [0.25, 0.3) is 0 Å². The van der Waals surface area contributed by atoms with Gasteiger partial charge in [-0.2, -0.15) is 0 Å². The highest BCUT2D eigenvalue weighted by Gasteiger charge is 2.35. The van der Waals surface area contributed by atoms with Crippen molar-refractivity contribution in [3.63, 3.8) is 0 Å². The van der Waals surface area contributed by atoms with Gasteiger partial charge >= 0.3 is 5.97 Å². The molecule has 0 aliphatic rings. The van der Waals surface area contributed by atoms with Gasteiger partial charge in [0.05, 0.1) is 5.41 Å². The number of benzene rings is 1. The van der Waals surface area contributed by atoms with Crippen molar-refractivity contribution >= 4 is 5.97 Å². The van der Waals surface area contributed by atoms with E-state index in [0.29, 0.717) is 6.07 Å². The van der Waals surface area contributed by atoms with Crippen molar-refractivity contribution < 1.29 is 18.7 Å². The van der Waals surface area contributed by atoms with Crippen LogP contribution in [-0.4, -0.2) is 17.6 Å². The third kappa shape index (κ3) is 2.36. The molecule has 1 aromatic carbocycles. The van der Waals surface area contributed by atoms with Crippen molar-refractivity contribution in [2.24, 2.45) is 5.73 Å². The summed E-state index contributed by atoms with van der Waals surface area (Å²) in [6.45, 7) is 1.53. The summed E-state index contributed by atoms with van der Waals surface area (Å²) in [6.07, 6.45) is 0.116. The van der Waals surface area contributed by atoms with Gasteiger partial charge in [0.15, 0.2) is 0 Å². The molecule has 1 rings (SSSR count). The first-order chi connectivity index (χ1) is 7.40. The minimum atomic E-state index is -1.36. The summed E-state index contributed by atoms with van der Waals surface area (Å²) < 4.78 is 26.0. The van der Waals surface area contributed by atoms with Crippen LogP contribution in [0.3, 0.4) is 0 Å². The number of hydrogen-bond acceptors (Lipinski definition) is 2. The van der Waals surface area contributed by atoms with Gasteiger partial charge in [-0.3, -0.25) is 4.79 Å². The van der Waals surface area contributed by atoms with Crippen molar-refractivity contribution in [2.75, 3.05) is 6.54 Å². The molecule has 1 aromatic rings. The number of hydrogen-bond donors (Lipinski definition) is 2. The van der Waals surface area contributed by atoms with Crippen LogP contribution in [0.5, 0.6) is 0 Å². The smallest absolute Gasteiger partial charge is 0.313 e. The fraction of sp³-hybridized carbons (Fsp3) is 0.364. The molecule has 0 aliphatic carbocycles. The second kappa shape index (κ2) is 4.57. The number of nitrogens with two attached hydrogens (primary N) is 1. The monoisotopic (exact) mass is 229 g/mol. The Balaban J connectivity index is 3.25. The Morgan fingerprint density at radius 2 is 1.88 bits per heavy atom. The van der Waals surface area contributed by atoms with Crippen LogP contribution in [0.1, 0.15) is 18.9 Å². The largest absolute Gasteiger partial charge is 0.481 e. The molecule has 0 spiro atoms. The van der Waals surface area contributed by atoms with E-state index >= 15 is 0 Å². The van der Waals surface area contributed by atoms with Gasteiger partial charge in [0.2, 0.25) is 0 Å². The van der Waals surface area contributed by atoms with E-state index in [-0.39, 0.29) is 18.5 Å². The maximum atomic E-state index is 13.0. The Hall–Kier alpha value is -1.49. The molecule has 0 heterocycles. The van der Waals surface area contributed by atoms with E-state index in [1.807, 2.05) is 0 Å². The predicted octanol–water partition coefficient (Wildman–Crippen LogP) is 1.66. The molecule has 0 radical (unpaired) electrons. The molecule has 0 aromatic heterocycles. The first-order valence-electron chi connectivity index (χ1n) is 4.80. The Labute approximate surface area is 91.9 Å². The van der Waals surface area contributed by atoms with Crippen LogP contribution in [0.25, 0.3) is 0 Å². The van der Waals surface area contributed by atoms with Crippen molar-refractivity contribution in [3.8, 4) is 0 Å². The summed E-state index contributed by atoms with van der Waals surface area (Å²) in [6, 6.07) is 2.74. The van der Waals surface area contributed by atoms with Crippen molar-refractivity contribution in [2.45, 2.75) is 18.8 Å². The van der Waals surface area contributed by atoms with Crippen LogP contribution < -0.4 is 5.73 Å². The SMILES string of the molecule is CC(CCN)(C(=O)O)c1cc(F)cc(F)c1. The van der Waals surface area contributed by atoms with Crippen molar-refractivity contribution in [1.29, 1.82) is 0 Å². The van der Waals surface area contributed by atoms with Crippen LogP contribution >= 0.6 is 0 Å². The second-order valence-electron chi connectivity index (χ2n) is 3.83. The Bertz CT molecular complexity index is 389. The van der Waals surface area contributed by atoms with E-state index in [1.54, 1.807) is 0 Å². The molecule has 1 atom stereocenters. The summed E-state index contributed by atoms with van der Waals surface area (Å²) >= 11 is 0. The minimum Gasteiger partial charge on any atom is -0.481 e. The number of carboxylic acids is 1. The lowest BCUT2D eigenvalue weighted by molar-refractivity contribution is -0.143. The molecule has 0 bridgehead atoms. The summed E-state index contributed by atoms with van der Waals surface area (Å²) in [5.74, 6) is -2.73. The second-order valence-corrected chi connectivity index (χ2v) is 3.83. The third-order valence-corrected chi connectivity index (χ3v) is 2.62. The average molecular weight is 229 g/mol. The van der Waals surface area contributed by atoms with Gasteiger partial charge < -0.3 is 10.8 Å². The van der Waals surface area contributed by atoms with E-state index in [4.69, 9.17) is 10.8 Å². The summed E-state index contributed by atoms with van der Waals surface area (Å²) in [4.78, 5) is 11.1. The molecule has 0 fully saturated rings. The van der Waals surface area contributed by atoms with Crippen LogP contribution in [0.4, 0.5) is 8.78 Å². The van der Waals surface area contributed by atoms with Gasteiger partial charge in [-0.05, 0) is 37.6 Å². The topological polar surface area (TPSA) is 63.3 Å². The zero-order chi connectivity index (χ0) is 12.3. The van der Waals surface area contributed by atoms with Crippen molar-refractivity contribution in [1.82, 2.24) is 0 Å². The highest BCUT2D eigenvalue weighted by molar-refractivity contribution is 5.80. The quantitative estimate of drug-likeness (QED) is 0.825. The molecule has 16 heavy (non-hydrogen) atoms. The standard InChI is InChI=1S/C11H13F2NO2/c1-11(2-3-14,10(15)16)7-4-8(12)6-9(13)5-7/h4-6H,2-3,14H2,1H3,(H,15,16). The normalized spacial score (nSPS) is 14.5. The molecule has 0 saturated carbocycles. The number of carbonyl (C=O) groups is 1. The van der Waals surface area contributed by atoms with E-state index in [9.17, 15) is 13.6 Å². The van der Waals surface area contributed by atoms with Crippen LogP contribution in [0.2, 0.25) is 0 Å². The molecule has 0 amide bonds. The molecule has 3 nitrogen and oxygen atoms in total. The van der Waals surface area contributed by atoms with Crippen molar-refractivity contribution in [3.05, 3.63) is 35.4 Å². The lowest BCUT2D eigenvalue weighted by atomic mass is 9.79. The fourth-order valence-electron chi connectivity index (χ4n) is 1.54. The van der Waals surface area contributed by atoms with Gasteiger partial charge in [-0.1, -0.05) is 0 Å². The maximum Gasteiger partial charge on any atom is 0.313 e. The van der Waals surface area contributed by atoms with Crippen LogP contribution in [0, 0.1) is 11.6 Å². The highest BCUT2D eigenvalue weighted by atomic mass is 19.1. The number of rotatable bonds is 4. The first-order valence-corrected chi connectivity index (χ1v) is 4.80. The lowest BCUT2D eigenvalue weighted by Crippen LogP contribution is -2.35. The van der Waals surface area contributed by atoms with Crippen LogP contribution in [-0.2, 0) is 10.2 Å². The molecular formula is C11H13F2NO2. The number of halogens is 2. The zero-order valence-electron chi connectivity index (χ0n) is 8.84. The number of aliphatic carboxylic acids is 1. The minimum absolute atomic E-state index is 0.0861. The summed E-state index contributed by atoms with van der Waals surface area (Å²) in [5.41, 5.74) is 4.04. The maximum absolute atomic E-state index is 13.0. The van der Waals surface area contributed by atoms with Gasteiger partial charge in [-0.15, -0.1) is 0 Å². The van der Waals surface area contributed by atoms with Gasteiger partial charge in [-0.25, -0.2) is 8.78 Å². The zero-order valence-corrected chi connectivity index (χ0v) is 8.84. The average Bonchev–Trinajstić information content (AvgIpc) is 2.16. The Morgan fingerprint density at radius 3 is 2.25 bits per heavy atom. The lowest BCUT2D eigenvalue weighted by Gasteiger charge is -2.24. The molecule has 88 valence electrons. The first kappa shape index (κ1) is 12.6.